The number of benzene rings is 1. The maximum Gasteiger partial charge on any atom is 0.410 e. The highest BCUT2D eigenvalue weighted by atomic mass is 16.6. The minimum atomic E-state index is -0.457. The van der Waals surface area contributed by atoms with Crippen LogP contribution >= 0.6 is 0 Å². The number of amides is 2. The van der Waals surface area contributed by atoms with Gasteiger partial charge in [0.1, 0.15) is 12.2 Å². The molecule has 174 valence electrons. The molecule has 1 fully saturated rings. The molecule has 0 radical (unpaired) electrons. The van der Waals surface area contributed by atoms with E-state index in [1.165, 1.54) is 0 Å². The highest BCUT2D eigenvalue weighted by Crippen LogP contribution is 2.20. The van der Waals surface area contributed by atoms with Crippen LogP contribution in [0.3, 0.4) is 0 Å². The van der Waals surface area contributed by atoms with Crippen molar-refractivity contribution in [3.8, 4) is 0 Å². The summed E-state index contributed by atoms with van der Waals surface area (Å²) in [7, 11) is 0. The largest absolute Gasteiger partial charge is 0.445 e. The van der Waals surface area contributed by atoms with Crippen LogP contribution in [-0.4, -0.2) is 66.9 Å². The third-order valence-electron chi connectivity index (χ3n) is 5.23. The zero-order valence-electron chi connectivity index (χ0n) is 19.6. The number of carbonyl (C=O) groups is 2. The molecule has 1 aliphatic rings. The van der Waals surface area contributed by atoms with Crippen molar-refractivity contribution in [2.45, 2.75) is 59.2 Å². The van der Waals surface area contributed by atoms with Crippen LogP contribution in [0.15, 0.2) is 30.3 Å². The fourth-order valence-electron chi connectivity index (χ4n) is 3.69. The molecule has 1 saturated heterocycles. The Kier molecular flexibility index (Phi) is 10.1. The number of nitrogens with one attached hydrogen (secondary N) is 1. The van der Waals surface area contributed by atoms with Gasteiger partial charge in [0.25, 0.3) is 0 Å². The molecule has 1 N–H and O–H groups in total. The molecule has 2 rings (SSSR count). The molecule has 0 bridgehead atoms. The minimum absolute atomic E-state index is 0.213. The molecule has 1 heterocycles. The van der Waals surface area contributed by atoms with E-state index in [-0.39, 0.29) is 18.8 Å². The Morgan fingerprint density at radius 2 is 1.81 bits per heavy atom. The lowest BCUT2D eigenvalue weighted by atomic mass is 9.96. The number of ether oxygens (including phenoxy) is 2. The quantitative estimate of drug-likeness (QED) is 0.630. The van der Waals surface area contributed by atoms with Crippen LogP contribution in [0.1, 0.15) is 52.5 Å². The van der Waals surface area contributed by atoms with Gasteiger partial charge in [-0.05, 0) is 58.1 Å². The summed E-state index contributed by atoms with van der Waals surface area (Å²) in [5, 5.41) is 2.85. The van der Waals surface area contributed by atoms with Gasteiger partial charge < -0.3 is 24.6 Å². The Balaban J connectivity index is 1.67. The first-order valence-electron chi connectivity index (χ1n) is 11.4. The van der Waals surface area contributed by atoms with Gasteiger partial charge in [-0.15, -0.1) is 0 Å². The standard InChI is InChI=1S/C24H39N3O4/c1-5-14-26(17-13-25-22(28)30-19-21-9-7-6-8-10-21)18-20-11-15-27(16-12-20)23(29)31-24(2,3)4/h6-10,20H,5,11-19H2,1-4H3,(H,25,28). The third kappa shape index (κ3) is 10.0. The number of nitrogens with zero attached hydrogens (tertiary/aromatic N) is 2. The Morgan fingerprint density at radius 1 is 1.13 bits per heavy atom. The first kappa shape index (κ1) is 25.0. The average Bonchev–Trinajstić information content (AvgIpc) is 2.72. The second-order valence-corrected chi connectivity index (χ2v) is 9.20. The van der Waals surface area contributed by atoms with Crippen molar-refractivity contribution in [1.82, 2.24) is 15.1 Å². The lowest BCUT2D eigenvalue weighted by Crippen LogP contribution is -2.44. The summed E-state index contributed by atoms with van der Waals surface area (Å²) in [5.41, 5.74) is 0.518. The van der Waals surface area contributed by atoms with Crippen LogP contribution in [0.4, 0.5) is 9.59 Å². The number of piperidine rings is 1. The summed E-state index contributed by atoms with van der Waals surface area (Å²) in [6.07, 6.45) is 2.42. The van der Waals surface area contributed by atoms with Gasteiger partial charge in [-0.3, -0.25) is 0 Å². The predicted molar refractivity (Wildman–Crippen MR) is 122 cm³/mol. The Hall–Kier alpha value is -2.28. The van der Waals surface area contributed by atoms with Crippen LogP contribution in [0.2, 0.25) is 0 Å². The lowest BCUT2D eigenvalue weighted by molar-refractivity contribution is 0.0170. The molecule has 31 heavy (non-hydrogen) atoms. The Morgan fingerprint density at radius 3 is 2.42 bits per heavy atom. The van der Waals surface area contributed by atoms with Gasteiger partial charge in [-0.1, -0.05) is 37.3 Å². The zero-order chi connectivity index (χ0) is 22.7. The highest BCUT2D eigenvalue weighted by molar-refractivity contribution is 5.68. The van der Waals surface area contributed by atoms with Gasteiger partial charge >= 0.3 is 12.2 Å². The molecule has 0 aromatic heterocycles. The van der Waals surface area contributed by atoms with Crippen molar-refractivity contribution in [3.05, 3.63) is 35.9 Å². The zero-order valence-corrected chi connectivity index (χ0v) is 19.6. The van der Waals surface area contributed by atoms with Gasteiger partial charge in [-0.2, -0.15) is 0 Å². The summed E-state index contributed by atoms with van der Waals surface area (Å²) in [6, 6.07) is 9.66. The summed E-state index contributed by atoms with van der Waals surface area (Å²) in [6.45, 7) is 12.9. The normalized spacial score (nSPS) is 15.1. The van der Waals surface area contributed by atoms with Crippen molar-refractivity contribution in [2.75, 3.05) is 39.3 Å². The summed E-state index contributed by atoms with van der Waals surface area (Å²) < 4.78 is 10.8. The number of hydrogen-bond donors (Lipinski definition) is 1. The maximum absolute atomic E-state index is 12.2. The maximum atomic E-state index is 12.2. The van der Waals surface area contributed by atoms with Crippen LogP contribution < -0.4 is 5.32 Å². The predicted octanol–water partition coefficient (Wildman–Crippen LogP) is 4.27. The van der Waals surface area contributed by atoms with Crippen molar-refractivity contribution in [3.63, 3.8) is 0 Å². The van der Waals surface area contributed by atoms with Gasteiger partial charge in [0.15, 0.2) is 0 Å². The monoisotopic (exact) mass is 433 g/mol. The minimum Gasteiger partial charge on any atom is -0.445 e. The number of rotatable bonds is 9. The topological polar surface area (TPSA) is 71.1 Å². The molecular formula is C24H39N3O4. The van der Waals surface area contributed by atoms with E-state index in [1.54, 1.807) is 0 Å². The van der Waals surface area contributed by atoms with Crippen LogP contribution in [0, 0.1) is 5.92 Å². The van der Waals surface area contributed by atoms with Crippen molar-refractivity contribution in [2.24, 2.45) is 5.92 Å². The Bertz CT molecular complexity index is 667. The molecule has 0 atom stereocenters. The molecule has 0 saturated carbocycles. The molecule has 2 amide bonds. The van der Waals surface area contributed by atoms with Crippen LogP contribution in [0.25, 0.3) is 0 Å². The fraction of sp³-hybridized carbons (Fsp3) is 0.667. The number of likely N-dealkylation sites (tertiary alicyclic amines) is 1. The van der Waals surface area contributed by atoms with E-state index in [9.17, 15) is 9.59 Å². The van der Waals surface area contributed by atoms with Crippen LogP contribution in [0.5, 0.6) is 0 Å². The molecule has 0 unspecified atom stereocenters. The smallest absolute Gasteiger partial charge is 0.410 e. The van der Waals surface area contributed by atoms with E-state index >= 15 is 0 Å². The molecule has 1 aliphatic heterocycles. The lowest BCUT2D eigenvalue weighted by Gasteiger charge is -2.35. The number of carbonyl (C=O) groups excluding carboxylic acids is 2. The average molecular weight is 434 g/mol. The van der Waals surface area contributed by atoms with E-state index in [4.69, 9.17) is 9.47 Å². The highest BCUT2D eigenvalue weighted by Gasteiger charge is 2.27. The summed E-state index contributed by atoms with van der Waals surface area (Å²) in [5.74, 6) is 0.551. The van der Waals surface area contributed by atoms with E-state index in [0.29, 0.717) is 12.5 Å². The van der Waals surface area contributed by atoms with Gasteiger partial charge in [0.2, 0.25) is 0 Å². The van der Waals surface area contributed by atoms with Gasteiger partial charge in [-0.25, -0.2) is 9.59 Å². The fourth-order valence-corrected chi connectivity index (χ4v) is 3.69. The Labute approximate surface area is 187 Å². The molecular weight excluding hydrogens is 394 g/mol. The molecule has 0 spiro atoms. The molecule has 1 aromatic rings. The van der Waals surface area contributed by atoms with Crippen molar-refractivity contribution in [1.29, 1.82) is 0 Å². The second kappa shape index (κ2) is 12.5. The van der Waals surface area contributed by atoms with Gasteiger partial charge in [0.05, 0.1) is 0 Å². The first-order valence-corrected chi connectivity index (χ1v) is 11.4. The SMILES string of the molecule is CCCN(CCNC(=O)OCc1ccccc1)CC1CCN(C(=O)OC(C)(C)C)CC1. The van der Waals surface area contributed by atoms with Crippen LogP contribution in [-0.2, 0) is 16.1 Å². The summed E-state index contributed by atoms with van der Waals surface area (Å²) >= 11 is 0. The first-order chi connectivity index (χ1) is 14.8. The van der Waals surface area contributed by atoms with E-state index in [2.05, 4.69) is 17.1 Å². The molecule has 1 aromatic carbocycles. The number of alkyl carbamates (subject to hydrolysis) is 1. The number of hydrogen-bond acceptors (Lipinski definition) is 5. The van der Waals surface area contributed by atoms with E-state index in [0.717, 1.165) is 57.5 Å². The molecule has 0 aliphatic carbocycles. The second-order valence-electron chi connectivity index (χ2n) is 9.20. The van der Waals surface area contributed by atoms with Crippen molar-refractivity contribution >= 4 is 12.2 Å². The van der Waals surface area contributed by atoms with Gasteiger partial charge in [0, 0.05) is 32.7 Å². The van der Waals surface area contributed by atoms with Crippen molar-refractivity contribution < 1.29 is 19.1 Å². The molecule has 7 heteroatoms. The van der Waals surface area contributed by atoms with E-state index < -0.39 is 5.60 Å². The summed E-state index contributed by atoms with van der Waals surface area (Å²) in [4.78, 5) is 28.4. The van der Waals surface area contributed by atoms with E-state index in [1.807, 2.05) is 56.0 Å². The third-order valence-corrected chi connectivity index (χ3v) is 5.23. The molecule has 7 nitrogen and oxygen atoms in total.